The van der Waals surface area contributed by atoms with E-state index in [0.29, 0.717) is 18.5 Å². The number of aromatic hydroxyl groups is 1. The molecule has 5 nitrogen and oxygen atoms in total. The minimum atomic E-state index is -4.68. The van der Waals surface area contributed by atoms with E-state index in [-0.39, 0.29) is 17.9 Å². The summed E-state index contributed by atoms with van der Waals surface area (Å²) in [6, 6.07) is 8.91. The lowest BCUT2D eigenvalue weighted by molar-refractivity contribution is -0.138. The van der Waals surface area contributed by atoms with E-state index in [4.69, 9.17) is 9.57 Å². The number of nitrogens with one attached hydrogen (secondary N) is 1. The first kappa shape index (κ1) is 23.7. The van der Waals surface area contributed by atoms with Crippen LogP contribution in [-0.2, 0) is 28.8 Å². The van der Waals surface area contributed by atoms with E-state index in [1.165, 1.54) is 13.0 Å². The third-order valence-electron chi connectivity index (χ3n) is 4.27. The number of benzene rings is 2. The van der Waals surface area contributed by atoms with Crippen molar-refractivity contribution in [2.75, 3.05) is 6.54 Å². The zero-order chi connectivity index (χ0) is 22.5. The first-order valence-corrected chi connectivity index (χ1v) is 9.44. The summed E-state index contributed by atoms with van der Waals surface area (Å²) in [6.45, 7) is 6.68. The molecule has 0 atom stereocenters. The normalized spacial score (nSPS) is 12.1. The van der Waals surface area contributed by atoms with Crippen LogP contribution in [0.25, 0.3) is 0 Å². The van der Waals surface area contributed by atoms with Crippen LogP contribution in [0.1, 0.15) is 53.4 Å². The Bertz CT molecular complexity index is 872. The molecule has 0 amide bonds. The van der Waals surface area contributed by atoms with Crippen molar-refractivity contribution < 1.29 is 32.6 Å². The maximum Gasteiger partial charge on any atom is 0.417 e. The average molecular weight is 425 g/mol. The van der Waals surface area contributed by atoms with Crippen LogP contribution in [-0.4, -0.2) is 23.2 Å². The number of ether oxygens (including phenoxy) is 1. The number of phenolic OH excluding ortho intramolecular Hbond substituents is 1. The number of esters is 1. The molecule has 0 spiro atoms. The van der Waals surface area contributed by atoms with Gasteiger partial charge in [0, 0.05) is 6.54 Å². The molecule has 0 bridgehead atoms. The van der Waals surface area contributed by atoms with E-state index in [1.807, 2.05) is 0 Å². The number of carbonyl (C=O) groups excluding carboxylic acids is 1. The first-order chi connectivity index (χ1) is 13.9. The number of rotatable bonds is 7. The van der Waals surface area contributed by atoms with Crippen molar-refractivity contribution in [3.8, 4) is 5.75 Å². The Morgan fingerprint density at radius 1 is 1.07 bits per heavy atom. The molecular formula is C22H26F3NO4. The average Bonchev–Trinajstić information content (AvgIpc) is 2.61. The van der Waals surface area contributed by atoms with Gasteiger partial charge < -0.3 is 9.84 Å². The summed E-state index contributed by atoms with van der Waals surface area (Å²) in [5.74, 6) is -0.837. The quantitative estimate of drug-likeness (QED) is 0.374. The van der Waals surface area contributed by atoms with Crippen LogP contribution in [0.4, 0.5) is 13.2 Å². The van der Waals surface area contributed by atoms with Crippen molar-refractivity contribution in [2.45, 2.75) is 52.5 Å². The van der Waals surface area contributed by atoms with Crippen molar-refractivity contribution in [3.63, 3.8) is 0 Å². The van der Waals surface area contributed by atoms with Crippen LogP contribution in [0.2, 0.25) is 0 Å². The number of alkyl halides is 3. The Labute approximate surface area is 173 Å². The largest absolute Gasteiger partial charge is 0.508 e. The summed E-state index contributed by atoms with van der Waals surface area (Å²) in [6.07, 6.45) is -4.05. The third kappa shape index (κ3) is 6.74. The second kappa shape index (κ2) is 9.49. The number of halogens is 3. The summed E-state index contributed by atoms with van der Waals surface area (Å²) in [7, 11) is 0. The van der Waals surface area contributed by atoms with Gasteiger partial charge >= 0.3 is 12.1 Å². The standard InChI is InChI=1S/C22H26F3NO4/c1-14-16(13-29-26-12-11-15-5-8-17(27)9-6-15)7-10-18(22(23,24)25)19(14)20(28)30-21(2,3)4/h5-10,26-27H,11-13H2,1-4H3. The zero-order valence-corrected chi connectivity index (χ0v) is 17.4. The molecule has 0 aliphatic rings. The van der Waals surface area contributed by atoms with Crippen molar-refractivity contribution in [3.05, 3.63) is 64.2 Å². The van der Waals surface area contributed by atoms with Crippen molar-refractivity contribution in [2.24, 2.45) is 0 Å². The van der Waals surface area contributed by atoms with Crippen LogP contribution >= 0.6 is 0 Å². The maximum absolute atomic E-state index is 13.4. The molecule has 2 N–H and O–H groups in total. The smallest absolute Gasteiger partial charge is 0.417 e. The molecule has 0 saturated heterocycles. The number of hydroxylamine groups is 1. The van der Waals surface area contributed by atoms with Crippen LogP contribution in [0, 0.1) is 6.92 Å². The summed E-state index contributed by atoms with van der Waals surface area (Å²) >= 11 is 0. The monoisotopic (exact) mass is 425 g/mol. The van der Waals surface area contributed by atoms with E-state index in [0.717, 1.165) is 11.6 Å². The predicted octanol–water partition coefficient (Wildman–Crippen LogP) is 4.94. The SMILES string of the molecule is Cc1c(CONCCc2ccc(O)cc2)ccc(C(F)(F)F)c1C(=O)OC(C)(C)C. The molecule has 0 heterocycles. The molecule has 30 heavy (non-hydrogen) atoms. The highest BCUT2D eigenvalue weighted by Gasteiger charge is 2.38. The molecule has 0 aromatic heterocycles. The van der Waals surface area contributed by atoms with Gasteiger partial charge in [-0.15, -0.1) is 0 Å². The summed E-state index contributed by atoms with van der Waals surface area (Å²) in [5.41, 5.74) is 1.91. The van der Waals surface area contributed by atoms with E-state index in [1.54, 1.807) is 45.0 Å². The molecular weight excluding hydrogens is 399 g/mol. The van der Waals surface area contributed by atoms with E-state index >= 15 is 0 Å². The lowest BCUT2D eigenvalue weighted by Crippen LogP contribution is -2.27. The van der Waals surface area contributed by atoms with Gasteiger partial charge in [0.15, 0.2) is 0 Å². The van der Waals surface area contributed by atoms with E-state index < -0.39 is 28.9 Å². The van der Waals surface area contributed by atoms with Gasteiger partial charge in [0.05, 0.1) is 17.7 Å². The molecule has 2 aromatic carbocycles. The van der Waals surface area contributed by atoms with Gasteiger partial charge in [0.2, 0.25) is 0 Å². The van der Waals surface area contributed by atoms with E-state index in [2.05, 4.69) is 5.48 Å². The Balaban J connectivity index is 2.08. The van der Waals surface area contributed by atoms with Crippen LogP contribution in [0.3, 0.4) is 0 Å². The Hall–Kier alpha value is -2.58. The third-order valence-corrected chi connectivity index (χ3v) is 4.27. The van der Waals surface area contributed by atoms with Crippen LogP contribution in [0.5, 0.6) is 5.75 Å². The molecule has 164 valence electrons. The van der Waals surface area contributed by atoms with Gasteiger partial charge in [0.25, 0.3) is 0 Å². The van der Waals surface area contributed by atoms with Crippen LogP contribution < -0.4 is 5.48 Å². The minimum absolute atomic E-state index is 0.0185. The molecule has 0 radical (unpaired) electrons. The fourth-order valence-corrected chi connectivity index (χ4v) is 2.80. The van der Waals surface area contributed by atoms with Gasteiger partial charge in [-0.2, -0.15) is 13.2 Å². The maximum atomic E-state index is 13.4. The van der Waals surface area contributed by atoms with Gasteiger partial charge in [-0.25, -0.2) is 10.3 Å². The van der Waals surface area contributed by atoms with Crippen LogP contribution in [0.15, 0.2) is 36.4 Å². The second-order valence-corrected chi connectivity index (χ2v) is 7.87. The number of hydrogen-bond acceptors (Lipinski definition) is 5. The molecule has 8 heteroatoms. The van der Waals surface area contributed by atoms with Crippen molar-refractivity contribution in [1.29, 1.82) is 0 Å². The number of hydrogen-bond donors (Lipinski definition) is 2. The second-order valence-electron chi connectivity index (χ2n) is 7.87. The predicted molar refractivity (Wildman–Crippen MR) is 106 cm³/mol. The minimum Gasteiger partial charge on any atom is -0.508 e. The van der Waals surface area contributed by atoms with E-state index in [9.17, 15) is 23.1 Å². The lowest BCUT2D eigenvalue weighted by atomic mass is 9.96. The lowest BCUT2D eigenvalue weighted by Gasteiger charge is -2.23. The molecule has 2 aromatic rings. The zero-order valence-electron chi connectivity index (χ0n) is 17.4. The summed E-state index contributed by atoms with van der Waals surface area (Å²) in [5, 5.41) is 9.27. The highest BCUT2D eigenvalue weighted by Crippen LogP contribution is 2.35. The molecule has 0 unspecified atom stereocenters. The fourth-order valence-electron chi connectivity index (χ4n) is 2.80. The van der Waals surface area contributed by atoms with Gasteiger partial charge in [0.1, 0.15) is 11.4 Å². The Morgan fingerprint density at radius 2 is 1.70 bits per heavy atom. The highest BCUT2D eigenvalue weighted by molar-refractivity contribution is 5.93. The molecule has 0 saturated carbocycles. The Morgan fingerprint density at radius 3 is 2.27 bits per heavy atom. The van der Waals surface area contributed by atoms with Gasteiger partial charge in [-0.05, 0) is 69.0 Å². The van der Waals surface area contributed by atoms with Gasteiger partial charge in [-0.3, -0.25) is 4.84 Å². The molecule has 0 aliphatic carbocycles. The highest BCUT2D eigenvalue weighted by atomic mass is 19.4. The molecule has 2 rings (SSSR count). The first-order valence-electron chi connectivity index (χ1n) is 9.44. The number of carbonyl (C=O) groups is 1. The fraction of sp³-hybridized carbons (Fsp3) is 0.409. The molecule has 0 fully saturated rings. The summed E-state index contributed by atoms with van der Waals surface area (Å²) in [4.78, 5) is 17.8. The number of phenols is 1. The van der Waals surface area contributed by atoms with Crippen molar-refractivity contribution >= 4 is 5.97 Å². The molecule has 0 aliphatic heterocycles. The summed E-state index contributed by atoms with van der Waals surface area (Å²) < 4.78 is 45.5. The van der Waals surface area contributed by atoms with Gasteiger partial charge in [-0.1, -0.05) is 18.2 Å². The van der Waals surface area contributed by atoms with Crippen molar-refractivity contribution in [1.82, 2.24) is 5.48 Å². The Kier molecular flexibility index (Phi) is 7.49. The topological polar surface area (TPSA) is 67.8 Å².